The predicted molar refractivity (Wildman–Crippen MR) is 87.6 cm³/mol. The standard InChI is InChI=1S/C15H20ClNO3S/c1-4-19-13-6-11(5-12(16)14(13)18)15(21)17-7-9(2)20-10(3)8-17/h5-6,9-10,18H,4,7-8H2,1-3H3/t9-,10-/m1/s1. The van der Waals surface area contributed by atoms with Gasteiger partial charge in [-0.1, -0.05) is 23.8 Å². The number of morpholine rings is 1. The molecule has 1 heterocycles. The minimum Gasteiger partial charge on any atom is -0.503 e. The first-order valence-electron chi connectivity index (χ1n) is 7.02. The summed E-state index contributed by atoms with van der Waals surface area (Å²) in [6.07, 6.45) is 0.260. The summed E-state index contributed by atoms with van der Waals surface area (Å²) in [5, 5.41) is 10.1. The molecule has 1 aliphatic heterocycles. The lowest BCUT2D eigenvalue weighted by atomic mass is 10.1. The molecule has 0 radical (unpaired) electrons. The van der Waals surface area contributed by atoms with Gasteiger partial charge in [-0.25, -0.2) is 0 Å². The smallest absolute Gasteiger partial charge is 0.176 e. The molecule has 0 unspecified atom stereocenters. The Bertz CT molecular complexity index is 528. The van der Waals surface area contributed by atoms with Crippen molar-refractivity contribution in [1.82, 2.24) is 4.90 Å². The molecule has 6 heteroatoms. The number of halogens is 1. The van der Waals surface area contributed by atoms with E-state index in [4.69, 9.17) is 33.3 Å². The fourth-order valence-corrected chi connectivity index (χ4v) is 2.97. The van der Waals surface area contributed by atoms with Gasteiger partial charge in [-0.05, 0) is 32.9 Å². The Balaban J connectivity index is 2.26. The lowest BCUT2D eigenvalue weighted by Crippen LogP contribution is -2.47. The average molecular weight is 330 g/mol. The van der Waals surface area contributed by atoms with Gasteiger partial charge in [-0.15, -0.1) is 0 Å². The fraction of sp³-hybridized carbons (Fsp3) is 0.533. The van der Waals surface area contributed by atoms with Crippen molar-refractivity contribution in [1.29, 1.82) is 0 Å². The number of hydrogen-bond donors (Lipinski definition) is 1. The number of thiocarbonyl (C=S) groups is 1. The molecule has 1 fully saturated rings. The van der Waals surface area contributed by atoms with Crippen LogP contribution in [-0.2, 0) is 4.74 Å². The summed E-state index contributed by atoms with van der Waals surface area (Å²) >= 11 is 11.6. The Hall–Kier alpha value is -1.04. The molecule has 1 aromatic carbocycles. The zero-order chi connectivity index (χ0) is 15.6. The van der Waals surface area contributed by atoms with Crippen molar-refractivity contribution in [3.63, 3.8) is 0 Å². The van der Waals surface area contributed by atoms with E-state index in [1.807, 2.05) is 20.8 Å². The van der Waals surface area contributed by atoms with Gasteiger partial charge in [-0.3, -0.25) is 0 Å². The summed E-state index contributed by atoms with van der Waals surface area (Å²) in [5.41, 5.74) is 0.776. The molecule has 2 atom stereocenters. The SMILES string of the molecule is CCOc1cc(C(=S)N2C[C@@H](C)O[C@H](C)C2)cc(Cl)c1O. The quantitative estimate of drug-likeness (QED) is 0.862. The van der Waals surface area contributed by atoms with Gasteiger partial charge in [0.15, 0.2) is 11.5 Å². The number of benzene rings is 1. The zero-order valence-corrected chi connectivity index (χ0v) is 14.0. The zero-order valence-electron chi connectivity index (χ0n) is 12.4. The topological polar surface area (TPSA) is 41.9 Å². The van der Waals surface area contributed by atoms with Gasteiger partial charge in [-0.2, -0.15) is 0 Å². The highest BCUT2D eigenvalue weighted by Gasteiger charge is 2.25. The molecule has 1 aliphatic rings. The number of hydrogen-bond acceptors (Lipinski definition) is 4. The first-order chi connectivity index (χ1) is 9.92. The molecular formula is C15H20ClNO3S. The van der Waals surface area contributed by atoms with Gasteiger partial charge in [0.25, 0.3) is 0 Å². The second-order valence-electron chi connectivity index (χ2n) is 5.21. The molecule has 0 amide bonds. The highest BCUT2D eigenvalue weighted by atomic mass is 35.5. The average Bonchev–Trinajstić information content (AvgIpc) is 2.42. The number of rotatable bonds is 3. The van der Waals surface area contributed by atoms with E-state index in [-0.39, 0.29) is 23.0 Å². The summed E-state index contributed by atoms with van der Waals surface area (Å²) < 4.78 is 11.1. The Kier molecular flexibility index (Phi) is 5.30. The highest BCUT2D eigenvalue weighted by Crippen LogP contribution is 2.35. The van der Waals surface area contributed by atoms with E-state index in [0.29, 0.717) is 17.3 Å². The summed E-state index contributed by atoms with van der Waals surface area (Å²) in [6, 6.07) is 3.41. The van der Waals surface area contributed by atoms with Gasteiger partial charge < -0.3 is 19.5 Å². The van der Waals surface area contributed by atoms with Crippen molar-refractivity contribution in [2.24, 2.45) is 0 Å². The second kappa shape index (κ2) is 6.81. The predicted octanol–water partition coefficient (Wildman–Crippen LogP) is 3.23. The van der Waals surface area contributed by atoms with E-state index in [1.165, 1.54) is 0 Å². The summed E-state index contributed by atoms with van der Waals surface area (Å²) in [5.74, 6) is 0.311. The minimum atomic E-state index is -0.0474. The Morgan fingerprint density at radius 3 is 2.62 bits per heavy atom. The molecule has 21 heavy (non-hydrogen) atoms. The van der Waals surface area contributed by atoms with Crippen LogP contribution in [0.25, 0.3) is 0 Å². The molecule has 0 bridgehead atoms. The number of aromatic hydroxyl groups is 1. The third-order valence-electron chi connectivity index (χ3n) is 3.28. The number of nitrogens with zero attached hydrogens (tertiary/aromatic N) is 1. The van der Waals surface area contributed by atoms with Crippen LogP contribution in [-0.4, -0.2) is 46.9 Å². The van der Waals surface area contributed by atoms with Crippen molar-refractivity contribution < 1.29 is 14.6 Å². The van der Waals surface area contributed by atoms with Crippen molar-refractivity contribution in [3.8, 4) is 11.5 Å². The van der Waals surface area contributed by atoms with E-state index in [1.54, 1.807) is 12.1 Å². The van der Waals surface area contributed by atoms with Crippen LogP contribution in [0.15, 0.2) is 12.1 Å². The number of ether oxygens (including phenoxy) is 2. The number of phenolic OH excluding ortho intramolecular Hbond substituents is 1. The van der Waals surface area contributed by atoms with Crippen molar-refractivity contribution >= 4 is 28.8 Å². The monoisotopic (exact) mass is 329 g/mol. The Morgan fingerprint density at radius 1 is 1.43 bits per heavy atom. The van der Waals surface area contributed by atoms with E-state index in [9.17, 15) is 5.11 Å². The Morgan fingerprint density at radius 2 is 2.05 bits per heavy atom. The third kappa shape index (κ3) is 3.78. The summed E-state index contributed by atoms with van der Waals surface area (Å²) in [4.78, 5) is 2.80. The Labute approximate surface area is 135 Å². The first-order valence-corrected chi connectivity index (χ1v) is 7.81. The van der Waals surface area contributed by atoms with Crippen LogP contribution in [0.1, 0.15) is 26.3 Å². The van der Waals surface area contributed by atoms with E-state index in [2.05, 4.69) is 4.90 Å². The van der Waals surface area contributed by atoms with Gasteiger partial charge in [0.1, 0.15) is 4.99 Å². The van der Waals surface area contributed by atoms with Crippen LogP contribution in [0.3, 0.4) is 0 Å². The van der Waals surface area contributed by atoms with Crippen molar-refractivity contribution in [3.05, 3.63) is 22.7 Å². The molecule has 0 saturated carbocycles. The van der Waals surface area contributed by atoms with E-state index < -0.39 is 0 Å². The van der Waals surface area contributed by atoms with Gasteiger partial charge in [0.2, 0.25) is 0 Å². The summed E-state index contributed by atoms with van der Waals surface area (Å²) in [7, 11) is 0. The van der Waals surface area contributed by atoms with Crippen molar-refractivity contribution in [2.45, 2.75) is 33.0 Å². The maximum atomic E-state index is 9.90. The molecule has 0 aromatic heterocycles. The molecule has 1 saturated heterocycles. The van der Waals surface area contributed by atoms with Gasteiger partial charge in [0, 0.05) is 18.7 Å². The highest BCUT2D eigenvalue weighted by molar-refractivity contribution is 7.80. The van der Waals surface area contributed by atoms with Crippen LogP contribution >= 0.6 is 23.8 Å². The third-order valence-corrected chi connectivity index (χ3v) is 4.06. The van der Waals surface area contributed by atoms with Crippen LogP contribution in [0.4, 0.5) is 0 Å². The maximum absolute atomic E-state index is 9.90. The largest absolute Gasteiger partial charge is 0.503 e. The second-order valence-corrected chi connectivity index (χ2v) is 6.00. The van der Waals surface area contributed by atoms with E-state index in [0.717, 1.165) is 18.7 Å². The van der Waals surface area contributed by atoms with Gasteiger partial charge >= 0.3 is 0 Å². The van der Waals surface area contributed by atoms with Crippen LogP contribution in [0, 0.1) is 0 Å². The number of phenols is 1. The van der Waals surface area contributed by atoms with E-state index >= 15 is 0 Å². The van der Waals surface area contributed by atoms with Gasteiger partial charge in [0.05, 0.1) is 23.8 Å². The molecular weight excluding hydrogens is 310 g/mol. The lowest BCUT2D eigenvalue weighted by Gasteiger charge is -2.37. The molecule has 1 N–H and O–H groups in total. The molecule has 4 nitrogen and oxygen atoms in total. The van der Waals surface area contributed by atoms with Crippen LogP contribution in [0.5, 0.6) is 11.5 Å². The lowest BCUT2D eigenvalue weighted by molar-refractivity contribution is -0.0472. The van der Waals surface area contributed by atoms with Crippen LogP contribution in [0.2, 0.25) is 5.02 Å². The minimum absolute atomic E-state index is 0.0474. The first kappa shape index (κ1) is 16.3. The molecule has 1 aromatic rings. The van der Waals surface area contributed by atoms with Crippen molar-refractivity contribution in [2.75, 3.05) is 19.7 Å². The molecule has 116 valence electrons. The fourth-order valence-electron chi connectivity index (χ4n) is 2.49. The maximum Gasteiger partial charge on any atom is 0.176 e. The summed E-state index contributed by atoms with van der Waals surface area (Å²) in [6.45, 7) is 7.84. The van der Waals surface area contributed by atoms with Crippen LogP contribution < -0.4 is 4.74 Å². The molecule has 0 aliphatic carbocycles. The normalized spacial score (nSPS) is 22.2. The molecule has 0 spiro atoms. The molecule has 2 rings (SSSR count).